The lowest BCUT2D eigenvalue weighted by Crippen LogP contribution is -2.32. The molecule has 0 saturated carbocycles. The van der Waals surface area contributed by atoms with E-state index in [2.05, 4.69) is 9.68 Å². The van der Waals surface area contributed by atoms with Crippen molar-refractivity contribution in [3.05, 3.63) is 65.7 Å². The molecule has 154 valence electrons. The number of aromatic nitrogens is 1. The van der Waals surface area contributed by atoms with Crippen LogP contribution in [0.15, 0.2) is 52.1 Å². The van der Waals surface area contributed by atoms with E-state index >= 15 is 0 Å². The van der Waals surface area contributed by atoms with Crippen molar-refractivity contribution >= 4 is 15.8 Å². The molecule has 0 fully saturated rings. The molecular formula is C18H15F3N2O5S. The SMILES string of the molecule is COc1ccc(CN(c2ccon2)S(=O)(=O)c2c(F)cc(F)cc2F)c(OC)c1. The molecule has 11 heteroatoms. The molecule has 0 saturated heterocycles. The summed E-state index contributed by atoms with van der Waals surface area (Å²) < 4.78 is 83.5. The highest BCUT2D eigenvalue weighted by Crippen LogP contribution is 2.32. The fraction of sp³-hybridized carbons (Fsp3) is 0.167. The number of anilines is 1. The predicted octanol–water partition coefficient (Wildman–Crippen LogP) is 3.50. The third-order valence-corrected chi connectivity index (χ3v) is 5.80. The lowest BCUT2D eigenvalue weighted by molar-refractivity contribution is 0.391. The maximum Gasteiger partial charge on any atom is 0.271 e. The molecule has 0 aliphatic heterocycles. The van der Waals surface area contributed by atoms with Gasteiger partial charge < -0.3 is 14.0 Å². The average molecular weight is 428 g/mol. The van der Waals surface area contributed by atoms with Gasteiger partial charge in [0, 0.05) is 29.8 Å². The first-order valence-electron chi connectivity index (χ1n) is 8.06. The average Bonchev–Trinajstić information content (AvgIpc) is 3.18. The van der Waals surface area contributed by atoms with Gasteiger partial charge in [0.15, 0.2) is 10.7 Å². The van der Waals surface area contributed by atoms with Gasteiger partial charge in [0.2, 0.25) is 0 Å². The number of rotatable bonds is 7. The molecule has 7 nitrogen and oxygen atoms in total. The Balaban J connectivity index is 2.13. The molecule has 0 radical (unpaired) electrons. The second-order valence-corrected chi connectivity index (χ2v) is 7.54. The number of hydrogen-bond acceptors (Lipinski definition) is 6. The minimum Gasteiger partial charge on any atom is -0.497 e. The Kier molecular flexibility index (Phi) is 5.69. The largest absolute Gasteiger partial charge is 0.497 e. The first-order chi connectivity index (χ1) is 13.8. The van der Waals surface area contributed by atoms with E-state index < -0.39 is 38.9 Å². The van der Waals surface area contributed by atoms with Gasteiger partial charge in [-0.05, 0) is 12.1 Å². The van der Waals surface area contributed by atoms with E-state index in [9.17, 15) is 21.6 Å². The summed E-state index contributed by atoms with van der Waals surface area (Å²) in [4.78, 5) is -1.31. The molecule has 3 rings (SSSR count). The number of halogens is 3. The van der Waals surface area contributed by atoms with E-state index in [4.69, 9.17) is 9.47 Å². The van der Waals surface area contributed by atoms with Crippen molar-refractivity contribution in [2.45, 2.75) is 11.4 Å². The molecule has 1 heterocycles. The highest BCUT2D eigenvalue weighted by atomic mass is 32.2. The Labute approximate surface area is 164 Å². The number of hydrogen-bond donors (Lipinski definition) is 0. The molecule has 0 amide bonds. The summed E-state index contributed by atoms with van der Waals surface area (Å²) >= 11 is 0. The Bertz CT molecular complexity index is 1100. The molecular weight excluding hydrogens is 413 g/mol. The maximum absolute atomic E-state index is 14.2. The summed E-state index contributed by atoms with van der Waals surface area (Å²) in [5.74, 6) is -3.89. The second-order valence-electron chi connectivity index (χ2n) is 5.75. The minimum atomic E-state index is -4.83. The number of sulfonamides is 1. The van der Waals surface area contributed by atoms with E-state index in [0.29, 0.717) is 15.6 Å². The number of ether oxygens (including phenoxy) is 2. The molecule has 0 unspecified atom stereocenters. The van der Waals surface area contributed by atoms with Crippen LogP contribution in [-0.4, -0.2) is 27.8 Å². The van der Waals surface area contributed by atoms with Crippen LogP contribution < -0.4 is 13.8 Å². The normalized spacial score (nSPS) is 11.3. The first kappa shape index (κ1) is 20.5. The highest BCUT2D eigenvalue weighted by molar-refractivity contribution is 7.92. The molecule has 0 aliphatic rings. The molecule has 0 bridgehead atoms. The zero-order chi connectivity index (χ0) is 21.2. The van der Waals surface area contributed by atoms with Crippen molar-refractivity contribution < 1.29 is 35.6 Å². The molecule has 29 heavy (non-hydrogen) atoms. The van der Waals surface area contributed by atoms with Crippen LogP contribution in [-0.2, 0) is 16.6 Å². The van der Waals surface area contributed by atoms with Crippen molar-refractivity contribution in [2.24, 2.45) is 0 Å². The van der Waals surface area contributed by atoms with Gasteiger partial charge in [0.05, 0.1) is 20.8 Å². The molecule has 0 N–H and O–H groups in total. The Morgan fingerprint density at radius 1 is 1.03 bits per heavy atom. The van der Waals surface area contributed by atoms with E-state index in [0.717, 1.165) is 6.26 Å². The predicted molar refractivity (Wildman–Crippen MR) is 95.7 cm³/mol. The van der Waals surface area contributed by atoms with E-state index in [1.165, 1.54) is 32.4 Å². The van der Waals surface area contributed by atoms with Gasteiger partial charge in [0.25, 0.3) is 10.0 Å². The highest BCUT2D eigenvalue weighted by Gasteiger charge is 2.34. The quantitative estimate of drug-likeness (QED) is 0.573. The third kappa shape index (κ3) is 3.99. The molecule has 1 aromatic heterocycles. The Morgan fingerprint density at radius 3 is 2.28 bits per heavy atom. The monoisotopic (exact) mass is 428 g/mol. The number of nitrogens with zero attached hydrogens (tertiary/aromatic N) is 2. The smallest absolute Gasteiger partial charge is 0.271 e. The second kappa shape index (κ2) is 8.03. The van der Waals surface area contributed by atoms with Gasteiger partial charge in [-0.1, -0.05) is 5.16 Å². The topological polar surface area (TPSA) is 81.9 Å². The zero-order valence-electron chi connectivity index (χ0n) is 15.2. The van der Waals surface area contributed by atoms with Gasteiger partial charge >= 0.3 is 0 Å². The van der Waals surface area contributed by atoms with E-state index in [1.54, 1.807) is 6.07 Å². The first-order valence-corrected chi connectivity index (χ1v) is 9.50. The lowest BCUT2D eigenvalue weighted by atomic mass is 10.2. The van der Waals surface area contributed by atoms with Crippen molar-refractivity contribution in [1.29, 1.82) is 0 Å². The lowest BCUT2D eigenvalue weighted by Gasteiger charge is -2.23. The maximum atomic E-state index is 14.2. The van der Waals surface area contributed by atoms with Crippen LogP contribution in [0.3, 0.4) is 0 Å². The summed E-state index contributed by atoms with van der Waals surface area (Å²) in [7, 11) is -2.02. The van der Waals surface area contributed by atoms with Gasteiger partial charge in [-0.15, -0.1) is 0 Å². The molecule has 0 spiro atoms. The van der Waals surface area contributed by atoms with Crippen LogP contribution in [0.2, 0.25) is 0 Å². The van der Waals surface area contributed by atoms with Crippen LogP contribution in [0.4, 0.5) is 19.0 Å². The summed E-state index contributed by atoms with van der Waals surface area (Å²) in [5, 5.41) is 3.56. The van der Waals surface area contributed by atoms with Crippen LogP contribution in [0.1, 0.15) is 5.56 Å². The fourth-order valence-corrected chi connectivity index (χ4v) is 4.13. The Hall–Kier alpha value is -3.21. The van der Waals surface area contributed by atoms with Crippen molar-refractivity contribution in [1.82, 2.24) is 5.16 Å². The minimum absolute atomic E-state index is 0.231. The number of benzene rings is 2. The summed E-state index contributed by atoms with van der Waals surface area (Å²) in [6.07, 6.45) is 1.10. The van der Waals surface area contributed by atoms with Crippen LogP contribution in [0.5, 0.6) is 11.5 Å². The Morgan fingerprint density at radius 2 is 1.72 bits per heavy atom. The summed E-state index contributed by atoms with van der Waals surface area (Å²) in [5.41, 5.74) is 0.350. The van der Waals surface area contributed by atoms with Crippen LogP contribution in [0, 0.1) is 17.5 Å². The van der Waals surface area contributed by atoms with Crippen molar-refractivity contribution in [2.75, 3.05) is 18.5 Å². The van der Waals surface area contributed by atoms with Gasteiger partial charge in [-0.25, -0.2) is 25.9 Å². The molecule has 0 aliphatic carbocycles. The van der Waals surface area contributed by atoms with Crippen LogP contribution in [0.25, 0.3) is 0 Å². The van der Waals surface area contributed by atoms with Gasteiger partial charge in [-0.2, -0.15) is 0 Å². The zero-order valence-corrected chi connectivity index (χ0v) is 16.0. The van der Waals surface area contributed by atoms with Crippen LogP contribution >= 0.6 is 0 Å². The van der Waals surface area contributed by atoms with Crippen molar-refractivity contribution in [3.8, 4) is 11.5 Å². The van der Waals surface area contributed by atoms with E-state index in [1.807, 2.05) is 0 Å². The van der Waals surface area contributed by atoms with Gasteiger partial charge in [-0.3, -0.25) is 0 Å². The third-order valence-electron chi connectivity index (χ3n) is 4.00. The number of methoxy groups -OCH3 is 2. The molecule has 2 aromatic carbocycles. The van der Waals surface area contributed by atoms with E-state index in [-0.39, 0.29) is 23.7 Å². The molecule has 3 aromatic rings. The fourth-order valence-electron chi connectivity index (χ4n) is 2.65. The molecule has 0 atom stereocenters. The summed E-state index contributed by atoms with van der Waals surface area (Å²) in [6, 6.07) is 6.37. The van der Waals surface area contributed by atoms with Crippen molar-refractivity contribution in [3.63, 3.8) is 0 Å². The van der Waals surface area contributed by atoms with Gasteiger partial charge in [0.1, 0.15) is 35.2 Å². The summed E-state index contributed by atoms with van der Waals surface area (Å²) in [6.45, 7) is -0.404. The standard InChI is InChI=1S/C18H15F3N2O5S/c1-26-13-4-3-11(16(9-13)27-2)10-23(17-5-6-28-22-17)29(24,25)18-14(20)7-12(19)8-15(18)21/h3-9H,10H2,1-2H3.